The molecule has 1 aromatic carbocycles. The molecule has 0 N–H and O–H groups in total. The number of hydrogen-bond acceptors (Lipinski definition) is 4. The smallest absolute Gasteiger partial charge is 0.416 e. The highest BCUT2D eigenvalue weighted by atomic mass is 32.1. The maximum atomic E-state index is 12.9. The van der Waals surface area contributed by atoms with Crippen LogP contribution in [0.5, 0.6) is 11.6 Å². The molecular formula is C18H15F3N2OS. The molecule has 2 heterocycles. The lowest BCUT2D eigenvalue weighted by atomic mass is 10.1. The van der Waals surface area contributed by atoms with E-state index in [1.807, 2.05) is 0 Å². The highest BCUT2D eigenvalue weighted by molar-refractivity contribution is 7.18. The zero-order valence-electron chi connectivity index (χ0n) is 13.3. The molecule has 0 aliphatic heterocycles. The first-order valence-electron chi connectivity index (χ1n) is 8.13. The Bertz CT molecular complexity index is 920. The van der Waals surface area contributed by atoms with E-state index in [0.717, 1.165) is 48.0 Å². The monoisotopic (exact) mass is 364 g/mol. The topological polar surface area (TPSA) is 35.0 Å². The number of aryl methyl sites for hydroxylation is 2. The van der Waals surface area contributed by atoms with Crippen LogP contribution in [0.2, 0.25) is 0 Å². The van der Waals surface area contributed by atoms with Gasteiger partial charge in [-0.15, -0.1) is 11.3 Å². The van der Waals surface area contributed by atoms with Crippen LogP contribution in [0.4, 0.5) is 13.2 Å². The van der Waals surface area contributed by atoms with Crippen molar-refractivity contribution in [2.75, 3.05) is 0 Å². The largest absolute Gasteiger partial charge is 0.438 e. The van der Waals surface area contributed by atoms with Gasteiger partial charge in [0.05, 0.1) is 10.9 Å². The normalized spacial score (nSPS) is 15.0. The van der Waals surface area contributed by atoms with Crippen LogP contribution in [0.25, 0.3) is 10.2 Å². The van der Waals surface area contributed by atoms with E-state index in [-0.39, 0.29) is 5.75 Å². The van der Waals surface area contributed by atoms with Gasteiger partial charge < -0.3 is 4.74 Å². The molecule has 2 aromatic heterocycles. The Morgan fingerprint density at radius 3 is 2.72 bits per heavy atom. The number of aromatic nitrogens is 2. The fourth-order valence-corrected chi connectivity index (χ4v) is 4.38. The molecule has 7 heteroatoms. The first-order chi connectivity index (χ1) is 12.0. The summed E-state index contributed by atoms with van der Waals surface area (Å²) in [6.45, 7) is 0. The van der Waals surface area contributed by atoms with Gasteiger partial charge in [-0.2, -0.15) is 13.2 Å². The van der Waals surface area contributed by atoms with Crippen LogP contribution in [0.15, 0.2) is 30.6 Å². The molecule has 0 amide bonds. The number of ether oxygens (including phenoxy) is 1. The first kappa shape index (κ1) is 16.3. The van der Waals surface area contributed by atoms with E-state index >= 15 is 0 Å². The molecule has 1 aliphatic carbocycles. The van der Waals surface area contributed by atoms with Gasteiger partial charge in [0.15, 0.2) is 0 Å². The third-order valence-electron chi connectivity index (χ3n) is 4.34. The molecule has 1 aliphatic rings. The van der Waals surface area contributed by atoms with Crippen molar-refractivity contribution in [2.24, 2.45) is 0 Å². The van der Waals surface area contributed by atoms with Crippen molar-refractivity contribution >= 4 is 21.6 Å². The summed E-state index contributed by atoms with van der Waals surface area (Å²) in [5.74, 6) is 0.465. The van der Waals surface area contributed by atoms with Crippen molar-refractivity contribution in [1.82, 2.24) is 9.97 Å². The second kappa shape index (κ2) is 6.29. The van der Waals surface area contributed by atoms with Crippen LogP contribution in [0.3, 0.4) is 0 Å². The van der Waals surface area contributed by atoms with Crippen molar-refractivity contribution in [1.29, 1.82) is 0 Å². The van der Waals surface area contributed by atoms with Gasteiger partial charge in [-0.25, -0.2) is 9.97 Å². The molecule has 0 saturated heterocycles. The summed E-state index contributed by atoms with van der Waals surface area (Å²) in [6.07, 6.45) is 2.37. The summed E-state index contributed by atoms with van der Waals surface area (Å²) >= 11 is 1.63. The van der Waals surface area contributed by atoms with Gasteiger partial charge in [-0.05, 0) is 49.4 Å². The third-order valence-corrected chi connectivity index (χ3v) is 5.54. The Balaban J connectivity index is 1.76. The Morgan fingerprint density at radius 1 is 1.04 bits per heavy atom. The van der Waals surface area contributed by atoms with E-state index in [9.17, 15) is 13.2 Å². The van der Waals surface area contributed by atoms with Crippen molar-refractivity contribution in [3.8, 4) is 11.6 Å². The van der Waals surface area contributed by atoms with Crippen molar-refractivity contribution in [3.63, 3.8) is 0 Å². The second-order valence-corrected chi connectivity index (χ2v) is 7.13. The number of hydrogen-bond donors (Lipinski definition) is 0. The standard InChI is InChI=1S/C18H15F3N2OS/c19-18(20,21)11-5-4-6-12(9-11)24-16-15-13-7-2-1-3-8-14(13)25-17(15)23-10-22-16/h4-6,9-10H,1-3,7-8H2. The Labute approximate surface area is 146 Å². The molecule has 0 fully saturated rings. The number of rotatable bonds is 2. The Hall–Kier alpha value is -2.15. The minimum Gasteiger partial charge on any atom is -0.438 e. The van der Waals surface area contributed by atoms with Crippen molar-refractivity contribution < 1.29 is 17.9 Å². The summed E-state index contributed by atoms with van der Waals surface area (Å²) in [5.41, 5.74) is 0.458. The van der Waals surface area contributed by atoms with Gasteiger partial charge in [0.2, 0.25) is 5.88 Å². The molecule has 0 atom stereocenters. The predicted molar refractivity (Wildman–Crippen MR) is 90.2 cm³/mol. The number of nitrogens with zero attached hydrogens (tertiary/aromatic N) is 2. The number of alkyl halides is 3. The predicted octanol–water partition coefficient (Wildman–Crippen LogP) is 5.77. The van der Waals surface area contributed by atoms with Crippen LogP contribution in [-0.2, 0) is 19.0 Å². The summed E-state index contributed by atoms with van der Waals surface area (Å²) < 4.78 is 44.5. The third kappa shape index (κ3) is 3.20. The van der Waals surface area contributed by atoms with Crippen molar-refractivity contribution in [2.45, 2.75) is 38.3 Å². The lowest BCUT2D eigenvalue weighted by molar-refractivity contribution is -0.137. The molecule has 0 radical (unpaired) electrons. The summed E-state index contributed by atoms with van der Waals surface area (Å²) in [6, 6.07) is 4.87. The van der Waals surface area contributed by atoms with E-state index in [0.29, 0.717) is 5.88 Å². The molecule has 0 spiro atoms. The molecular weight excluding hydrogens is 349 g/mol. The maximum absolute atomic E-state index is 12.9. The molecule has 130 valence electrons. The summed E-state index contributed by atoms with van der Waals surface area (Å²) in [4.78, 5) is 10.7. The van der Waals surface area contributed by atoms with Gasteiger partial charge in [-0.3, -0.25) is 0 Å². The first-order valence-corrected chi connectivity index (χ1v) is 8.94. The fourth-order valence-electron chi connectivity index (χ4n) is 3.16. The molecule has 0 unspecified atom stereocenters. The number of thiophene rings is 1. The number of halogens is 3. The summed E-state index contributed by atoms with van der Waals surface area (Å²) in [5, 5.41) is 0.849. The van der Waals surface area contributed by atoms with Crippen LogP contribution in [0.1, 0.15) is 35.3 Å². The van der Waals surface area contributed by atoms with E-state index in [4.69, 9.17) is 4.74 Å². The van der Waals surface area contributed by atoms with E-state index < -0.39 is 11.7 Å². The van der Waals surface area contributed by atoms with E-state index in [1.54, 1.807) is 11.3 Å². The highest BCUT2D eigenvalue weighted by Crippen LogP contribution is 2.40. The van der Waals surface area contributed by atoms with Gasteiger partial charge in [0.25, 0.3) is 0 Å². The molecule has 0 saturated carbocycles. The van der Waals surface area contributed by atoms with E-state index in [2.05, 4.69) is 9.97 Å². The molecule has 3 aromatic rings. The van der Waals surface area contributed by atoms with Gasteiger partial charge in [0.1, 0.15) is 16.9 Å². The molecule has 25 heavy (non-hydrogen) atoms. The fraction of sp³-hybridized carbons (Fsp3) is 0.333. The van der Waals surface area contributed by atoms with Crippen LogP contribution in [-0.4, -0.2) is 9.97 Å². The quantitative estimate of drug-likeness (QED) is 0.541. The van der Waals surface area contributed by atoms with Gasteiger partial charge in [0, 0.05) is 4.88 Å². The Kier molecular flexibility index (Phi) is 4.11. The number of fused-ring (bicyclic) bond motifs is 3. The zero-order valence-corrected chi connectivity index (χ0v) is 14.1. The van der Waals surface area contributed by atoms with Crippen LogP contribution < -0.4 is 4.74 Å². The molecule has 0 bridgehead atoms. The molecule has 3 nitrogen and oxygen atoms in total. The lowest BCUT2D eigenvalue weighted by Crippen LogP contribution is -2.04. The minimum absolute atomic E-state index is 0.128. The lowest BCUT2D eigenvalue weighted by Gasteiger charge is -2.10. The average Bonchev–Trinajstić information content (AvgIpc) is 2.77. The summed E-state index contributed by atoms with van der Waals surface area (Å²) in [7, 11) is 0. The van der Waals surface area contributed by atoms with Gasteiger partial charge in [-0.1, -0.05) is 12.5 Å². The van der Waals surface area contributed by atoms with E-state index in [1.165, 1.54) is 35.3 Å². The number of benzene rings is 1. The van der Waals surface area contributed by atoms with Crippen LogP contribution in [0, 0.1) is 0 Å². The van der Waals surface area contributed by atoms with Gasteiger partial charge >= 0.3 is 6.18 Å². The zero-order chi connectivity index (χ0) is 17.4. The SMILES string of the molecule is FC(F)(F)c1cccc(Oc2ncnc3sc4c(c23)CCCCC4)c1. The Morgan fingerprint density at radius 2 is 1.88 bits per heavy atom. The van der Waals surface area contributed by atoms with Crippen LogP contribution >= 0.6 is 11.3 Å². The highest BCUT2D eigenvalue weighted by Gasteiger charge is 2.30. The second-order valence-electron chi connectivity index (χ2n) is 6.05. The molecule has 4 rings (SSSR count). The average molecular weight is 364 g/mol. The maximum Gasteiger partial charge on any atom is 0.416 e. The van der Waals surface area contributed by atoms with Crippen molar-refractivity contribution in [3.05, 3.63) is 46.6 Å². The minimum atomic E-state index is -4.40.